The maximum Gasteiger partial charge on any atom is 0.0694 e. The average Bonchev–Trinajstić information content (AvgIpc) is 2.36. The normalized spacial score (nSPS) is 11.2. The van der Waals surface area contributed by atoms with Gasteiger partial charge in [0.15, 0.2) is 0 Å². The molecule has 0 saturated heterocycles. The summed E-state index contributed by atoms with van der Waals surface area (Å²) in [6, 6.07) is 16.4. The molecule has 0 aliphatic heterocycles. The molecule has 1 N–H and O–H groups in total. The second-order valence-electron chi connectivity index (χ2n) is 4.07. The molecule has 17 heavy (non-hydrogen) atoms. The monoisotopic (exact) mass is 286 g/mol. The number of hydrogen-bond donors (Lipinski definition) is 1. The molecule has 0 atom stereocenters. The Morgan fingerprint density at radius 1 is 0.941 bits per heavy atom. The van der Waals surface area contributed by atoms with Gasteiger partial charge in [-0.15, -0.1) is 0 Å². The van der Waals surface area contributed by atoms with Crippen LogP contribution in [0.25, 0.3) is 21.5 Å². The molecule has 3 aromatic rings. The molecule has 0 aliphatic carbocycles. The second kappa shape index (κ2) is 4.13. The van der Waals surface area contributed by atoms with Crippen molar-refractivity contribution in [3.8, 4) is 0 Å². The molecule has 0 unspecified atom stereocenters. The van der Waals surface area contributed by atoms with E-state index in [4.69, 9.17) is 0 Å². The standard InChI is InChI=1S/C15H11BrO/c16-14-7-3-5-11-8-10-4-1-2-6-12(10)13(9-17)15(11)14/h1-8,17H,9H2. The third kappa shape index (κ3) is 1.65. The van der Waals surface area contributed by atoms with E-state index in [1.807, 2.05) is 24.3 Å². The Kier molecular flexibility index (Phi) is 2.61. The molecule has 0 radical (unpaired) electrons. The fourth-order valence-corrected chi connectivity index (χ4v) is 2.96. The van der Waals surface area contributed by atoms with Crippen molar-refractivity contribution in [2.75, 3.05) is 0 Å². The summed E-state index contributed by atoms with van der Waals surface area (Å²) in [7, 11) is 0. The van der Waals surface area contributed by atoms with Crippen molar-refractivity contribution in [3.63, 3.8) is 0 Å². The molecule has 0 amide bonds. The average molecular weight is 287 g/mol. The maximum atomic E-state index is 9.64. The molecule has 0 aromatic heterocycles. The van der Waals surface area contributed by atoms with Gasteiger partial charge in [-0.1, -0.05) is 52.3 Å². The first-order valence-electron chi connectivity index (χ1n) is 5.51. The molecule has 0 spiro atoms. The lowest BCUT2D eigenvalue weighted by molar-refractivity contribution is 0.285. The Morgan fingerprint density at radius 2 is 1.71 bits per heavy atom. The molecular formula is C15H11BrO. The van der Waals surface area contributed by atoms with Crippen LogP contribution >= 0.6 is 15.9 Å². The van der Waals surface area contributed by atoms with E-state index in [0.29, 0.717) is 0 Å². The van der Waals surface area contributed by atoms with Crippen molar-refractivity contribution in [3.05, 3.63) is 58.6 Å². The number of halogens is 1. The summed E-state index contributed by atoms with van der Waals surface area (Å²) in [6.45, 7) is 0.0560. The minimum Gasteiger partial charge on any atom is -0.392 e. The number of fused-ring (bicyclic) bond motifs is 2. The summed E-state index contributed by atoms with van der Waals surface area (Å²) >= 11 is 3.56. The van der Waals surface area contributed by atoms with Crippen LogP contribution < -0.4 is 0 Å². The number of aliphatic hydroxyl groups excluding tert-OH is 1. The van der Waals surface area contributed by atoms with Gasteiger partial charge in [0.25, 0.3) is 0 Å². The van der Waals surface area contributed by atoms with Crippen LogP contribution in [0.5, 0.6) is 0 Å². The summed E-state index contributed by atoms with van der Waals surface area (Å²) < 4.78 is 1.03. The molecular weight excluding hydrogens is 276 g/mol. The van der Waals surface area contributed by atoms with Crippen molar-refractivity contribution in [2.24, 2.45) is 0 Å². The highest BCUT2D eigenvalue weighted by Gasteiger charge is 2.08. The molecule has 0 bridgehead atoms. The van der Waals surface area contributed by atoms with Crippen molar-refractivity contribution in [1.82, 2.24) is 0 Å². The predicted molar refractivity (Wildman–Crippen MR) is 75.1 cm³/mol. The van der Waals surface area contributed by atoms with Crippen LogP contribution in [0.2, 0.25) is 0 Å². The fraction of sp³-hybridized carbons (Fsp3) is 0.0667. The van der Waals surface area contributed by atoms with Gasteiger partial charge in [0, 0.05) is 9.86 Å². The molecule has 3 aromatic carbocycles. The van der Waals surface area contributed by atoms with E-state index in [1.54, 1.807) is 0 Å². The van der Waals surface area contributed by atoms with E-state index in [9.17, 15) is 5.11 Å². The van der Waals surface area contributed by atoms with Gasteiger partial charge in [-0.2, -0.15) is 0 Å². The Balaban J connectivity index is 2.59. The zero-order chi connectivity index (χ0) is 11.8. The lowest BCUT2D eigenvalue weighted by atomic mass is 9.97. The topological polar surface area (TPSA) is 20.2 Å². The molecule has 0 aliphatic rings. The minimum absolute atomic E-state index is 0.0560. The Hall–Kier alpha value is -1.38. The first-order chi connectivity index (χ1) is 8.31. The van der Waals surface area contributed by atoms with Gasteiger partial charge in [-0.05, 0) is 33.9 Å². The van der Waals surface area contributed by atoms with E-state index in [1.165, 1.54) is 5.39 Å². The Labute approximate surface area is 108 Å². The van der Waals surface area contributed by atoms with Crippen molar-refractivity contribution in [1.29, 1.82) is 0 Å². The van der Waals surface area contributed by atoms with Gasteiger partial charge in [-0.3, -0.25) is 0 Å². The molecule has 1 nitrogen and oxygen atoms in total. The largest absolute Gasteiger partial charge is 0.392 e. The molecule has 0 fully saturated rings. The quantitative estimate of drug-likeness (QED) is 0.663. The van der Waals surface area contributed by atoms with E-state index >= 15 is 0 Å². The van der Waals surface area contributed by atoms with Gasteiger partial charge in [0.1, 0.15) is 0 Å². The van der Waals surface area contributed by atoms with Crippen molar-refractivity contribution >= 4 is 37.5 Å². The highest BCUT2D eigenvalue weighted by molar-refractivity contribution is 9.10. The van der Waals surface area contributed by atoms with Gasteiger partial charge in [0.05, 0.1) is 6.61 Å². The molecule has 3 rings (SSSR count). The van der Waals surface area contributed by atoms with Crippen LogP contribution in [0, 0.1) is 0 Å². The molecule has 84 valence electrons. The van der Waals surface area contributed by atoms with E-state index < -0.39 is 0 Å². The third-order valence-corrected chi connectivity index (χ3v) is 3.76. The van der Waals surface area contributed by atoms with Gasteiger partial charge in [-0.25, -0.2) is 0 Å². The zero-order valence-corrected chi connectivity index (χ0v) is 10.7. The summed E-state index contributed by atoms with van der Waals surface area (Å²) in [5.74, 6) is 0. The van der Waals surface area contributed by atoms with Crippen molar-refractivity contribution in [2.45, 2.75) is 6.61 Å². The summed E-state index contributed by atoms with van der Waals surface area (Å²) in [5, 5.41) is 14.2. The van der Waals surface area contributed by atoms with Crippen LogP contribution in [0.3, 0.4) is 0 Å². The Morgan fingerprint density at radius 3 is 2.53 bits per heavy atom. The highest BCUT2D eigenvalue weighted by Crippen LogP contribution is 2.33. The fourth-order valence-electron chi connectivity index (χ4n) is 2.34. The second-order valence-corrected chi connectivity index (χ2v) is 4.93. The summed E-state index contributed by atoms with van der Waals surface area (Å²) in [6.07, 6.45) is 0. The number of hydrogen-bond acceptors (Lipinski definition) is 1. The smallest absolute Gasteiger partial charge is 0.0694 e. The molecule has 0 heterocycles. The number of benzene rings is 3. The number of aliphatic hydroxyl groups is 1. The first-order valence-corrected chi connectivity index (χ1v) is 6.30. The maximum absolute atomic E-state index is 9.64. The molecule has 0 saturated carbocycles. The first kappa shape index (κ1) is 10.8. The van der Waals surface area contributed by atoms with Crippen LogP contribution in [-0.4, -0.2) is 5.11 Å². The molecule has 2 heteroatoms. The Bertz CT molecular complexity index is 704. The SMILES string of the molecule is OCc1c2ccccc2cc2cccc(Br)c12. The van der Waals surface area contributed by atoms with Crippen molar-refractivity contribution < 1.29 is 5.11 Å². The van der Waals surface area contributed by atoms with E-state index in [2.05, 4.69) is 40.2 Å². The van der Waals surface area contributed by atoms with Gasteiger partial charge < -0.3 is 5.11 Å². The highest BCUT2D eigenvalue weighted by atomic mass is 79.9. The third-order valence-electron chi connectivity index (χ3n) is 3.10. The number of rotatable bonds is 1. The van der Waals surface area contributed by atoms with Gasteiger partial charge in [0.2, 0.25) is 0 Å². The lowest BCUT2D eigenvalue weighted by Gasteiger charge is -2.10. The van der Waals surface area contributed by atoms with E-state index in [-0.39, 0.29) is 6.61 Å². The summed E-state index contributed by atoms with van der Waals surface area (Å²) in [5.41, 5.74) is 0.991. The zero-order valence-electron chi connectivity index (χ0n) is 9.15. The van der Waals surface area contributed by atoms with Crippen LogP contribution in [0.1, 0.15) is 5.56 Å². The van der Waals surface area contributed by atoms with Crippen LogP contribution in [0.15, 0.2) is 53.0 Å². The summed E-state index contributed by atoms with van der Waals surface area (Å²) in [4.78, 5) is 0. The van der Waals surface area contributed by atoms with E-state index in [0.717, 1.165) is 26.2 Å². The van der Waals surface area contributed by atoms with Crippen LogP contribution in [0.4, 0.5) is 0 Å². The lowest BCUT2D eigenvalue weighted by Crippen LogP contribution is -1.90. The predicted octanol–water partition coefficient (Wildman–Crippen LogP) is 4.25. The minimum atomic E-state index is 0.0560. The van der Waals surface area contributed by atoms with Gasteiger partial charge >= 0.3 is 0 Å². The van der Waals surface area contributed by atoms with Crippen LogP contribution in [-0.2, 0) is 6.61 Å².